The van der Waals surface area contributed by atoms with Crippen LogP contribution in [0.1, 0.15) is 23.5 Å². The molecule has 1 aliphatic heterocycles. The maximum absolute atomic E-state index is 13.1. The van der Waals surface area contributed by atoms with Crippen molar-refractivity contribution in [1.29, 1.82) is 0 Å². The van der Waals surface area contributed by atoms with Crippen LogP contribution in [0.2, 0.25) is 0 Å². The summed E-state index contributed by atoms with van der Waals surface area (Å²) in [7, 11) is 3.23. The molecule has 10 heteroatoms. The van der Waals surface area contributed by atoms with Crippen LogP contribution in [0.15, 0.2) is 47.8 Å². The van der Waals surface area contributed by atoms with Crippen LogP contribution in [-0.2, 0) is 4.79 Å². The average Bonchev–Trinajstić information content (AvgIpc) is 3.47. The van der Waals surface area contributed by atoms with Crippen molar-refractivity contribution in [2.24, 2.45) is 5.92 Å². The zero-order valence-electron chi connectivity index (χ0n) is 21.7. The summed E-state index contributed by atoms with van der Waals surface area (Å²) in [5.74, 6) is 2.29. The molecular formula is C27H33N5O4S. The number of anilines is 1. The van der Waals surface area contributed by atoms with Crippen molar-refractivity contribution in [3.63, 3.8) is 0 Å². The van der Waals surface area contributed by atoms with Crippen molar-refractivity contribution in [3.05, 3.63) is 52.7 Å². The number of amides is 2. The Labute approximate surface area is 221 Å². The van der Waals surface area contributed by atoms with Crippen molar-refractivity contribution < 1.29 is 19.1 Å². The minimum absolute atomic E-state index is 0.0294. The highest BCUT2D eigenvalue weighted by Crippen LogP contribution is 2.32. The fourth-order valence-corrected chi connectivity index (χ4v) is 5.00. The van der Waals surface area contributed by atoms with E-state index in [1.807, 2.05) is 46.7 Å². The van der Waals surface area contributed by atoms with E-state index >= 15 is 0 Å². The van der Waals surface area contributed by atoms with Crippen LogP contribution in [0, 0.1) is 5.92 Å². The number of nitrogens with zero attached hydrogens (tertiary/aromatic N) is 5. The Kier molecular flexibility index (Phi) is 8.60. The number of thiophene rings is 1. The third-order valence-corrected chi connectivity index (χ3v) is 7.08. The molecule has 196 valence electrons. The number of aromatic nitrogens is 2. The molecule has 9 nitrogen and oxygen atoms in total. The van der Waals surface area contributed by atoms with Gasteiger partial charge < -0.3 is 24.2 Å². The van der Waals surface area contributed by atoms with Crippen LogP contribution < -0.4 is 14.4 Å². The number of hydrogen-bond acceptors (Lipinski definition) is 8. The summed E-state index contributed by atoms with van der Waals surface area (Å²) in [4.78, 5) is 32.3. The second-order valence-corrected chi connectivity index (χ2v) is 10.2. The summed E-state index contributed by atoms with van der Waals surface area (Å²) in [6.45, 7) is 7.17. The van der Waals surface area contributed by atoms with Crippen LogP contribution in [0.25, 0.3) is 11.3 Å². The first-order valence-electron chi connectivity index (χ1n) is 12.3. The molecule has 0 aliphatic carbocycles. The standard InChI is InChI=1S/C27H33N5O4S/c1-19(2)17-32(27(34)24-6-5-15-37-24)18-26(33)31-13-11-30(12-14-31)25-10-9-22(28-29-25)21-8-7-20(35-3)16-23(21)36-4/h5-10,15-16,19H,11-14,17-18H2,1-4H3. The van der Waals surface area contributed by atoms with Crippen LogP contribution in [0.4, 0.5) is 5.82 Å². The van der Waals surface area contributed by atoms with Crippen LogP contribution in [-0.4, -0.2) is 85.3 Å². The van der Waals surface area contributed by atoms with E-state index in [9.17, 15) is 9.59 Å². The molecule has 0 radical (unpaired) electrons. The molecule has 1 fully saturated rings. The largest absolute Gasteiger partial charge is 0.497 e. The van der Waals surface area contributed by atoms with Gasteiger partial charge >= 0.3 is 0 Å². The second-order valence-electron chi connectivity index (χ2n) is 9.27. The lowest BCUT2D eigenvalue weighted by Gasteiger charge is -2.36. The van der Waals surface area contributed by atoms with Crippen LogP contribution >= 0.6 is 11.3 Å². The molecule has 3 aromatic rings. The van der Waals surface area contributed by atoms with Gasteiger partial charge in [-0.05, 0) is 41.6 Å². The lowest BCUT2D eigenvalue weighted by Crippen LogP contribution is -2.52. The number of rotatable bonds is 9. The molecule has 2 amide bonds. The summed E-state index contributed by atoms with van der Waals surface area (Å²) >= 11 is 1.40. The van der Waals surface area contributed by atoms with E-state index in [1.54, 1.807) is 25.2 Å². The summed E-state index contributed by atoms with van der Waals surface area (Å²) in [5, 5.41) is 10.7. The minimum atomic E-state index is -0.0838. The Morgan fingerprint density at radius 3 is 2.41 bits per heavy atom. The molecule has 3 heterocycles. The van der Waals surface area contributed by atoms with Crippen molar-refractivity contribution in [2.45, 2.75) is 13.8 Å². The summed E-state index contributed by atoms with van der Waals surface area (Å²) in [5.41, 5.74) is 1.54. The van der Waals surface area contributed by atoms with Gasteiger partial charge in [-0.3, -0.25) is 9.59 Å². The van der Waals surface area contributed by atoms with Gasteiger partial charge in [0.2, 0.25) is 5.91 Å². The van der Waals surface area contributed by atoms with Crippen molar-refractivity contribution in [3.8, 4) is 22.8 Å². The van der Waals surface area contributed by atoms with Gasteiger partial charge in [0.15, 0.2) is 5.82 Å². The first kappa shape index (κ1) is 26.4. The molecule has 4 rings (SSSR count). The number of benzene rings is 1. The highest BCUT2D eigenvalue weighted by atomic mass is 32.1. The van der Waals surface area contributed by atoms with Gasteiger partial charge in [0, 0.05) is 44.4 Å². The molecule has 1 aromatic carbocycles. The molecule has 1 aliphatic rings. The van der Waals surface area contributed by atoms with E-state index in [2.05, 4.69) is 28.9 Å². The van der Waals surface area contributed by atoms with Gasteiger partial charge in [-0.1, -0.05) is 19.9 Å². The quantitative estimate of drug-likeness (QED) is 0.423. The fourth-order valence-electron chi connectivity index (χ4n) is 4.31. The Hall–Kier alpha value is -3.66. The number of hydrogen-bond donors (Lipinski definition) is 0. The predicted octanol–water partition coefficient (Wildman–Crippen LogP) is 3.67. The third-order valence-electron chi connectivity index (χ3n) is 6.22. The molecule has 0 spiro atoms. The average molecular weight is 524 g/mol. The van der Waals surface area contributed by atoms with E-state index in [4.69, 9.17) is 9.47 Å². The molecule has 0 saturated carbocycles. The first-order valence-corrected chi connectivity index (χ1v) is 13.2. The normalized spacial score (nSPS) is 13.5. The van der Waals surface area contributed by atoms with E-state index < -0.39 is 0 Å². The summed E-state index contributed by atoms with van der Waals surface area (Å²) in [6.07, 6.45) is 0. The molecule has 37 heavy (non-hydrogen) atoms. The SMILES string of the molecule is COc1ccc(-c2ccc(N3CCN(C(=O)CN(CC(C)C)C(=O)c4cccs4)CC3)nn2)c(OC)c1. The summed E-state index contributed by atoms with van der Waals surface area (Å²) in [6, 6.07) is 13.1. The molecule has 0 atom stereocenters. The molecule has 0 bridgehead atoms. The maximum Gasteiger partial charge on any atom is 0.264 e. The zero-order valence-corrected chi connectivity index (χ0v) is 22.5. The van der Waals surface area contributed by atoms with E-state index in [0.29, 0.717) is 54.8 Å². The second kappa shape index (κ2) is 12.1. The molecule has 0 unspecified atom stereocenters. The monoisotopic (exact) mass is 523 g/mol. The Bertz CT molecular complexity index is 1190. The number of carbonyl (C=O) groups excluding carboxylic acids is 2. The van der Waals surface area contributed by atoms with E-state index in [-0.39, 0.29) is 24.3 Å². The van der Waals surface area contributed by atoms with Crippen molar-refractivity contribution >= 4 is 29.0 Å². The molecule has 2 aromatic heterocycles. The van der Waals surface area contributed by atoms with Gasteiger partial charge in [0.05, 0.1) is 24.8 Å². The number of piperazine rings is 1. The summed E-state index contributed by atoms with van der Waals surface area (Å²) < 4.78 is 10.8. The lowest BCUT2D eigenvalue weighted by molar-refractivity contribution is -0.132. The number of ether oxygens (including phenoxy) is 2. The molecule has 1 saturated heterocycles. The fraction of sp³-hybridized carbons (Fsp3) is 0.407. The highest BCUT2D eigenvalue weighted by molar-refractivity contribution is 7.12. The first-order chi connectivity index (χ1) is 17.9. The number of methoxy groups -OCH3 is 2. The smallest absolute Gasteiger partial charge is 0.264 e. The van der Waals surface area contributed by atoms with Crippen LogP contribution in [0.5, 0.6) is 11.5 Å². The third kappa shape index (κ3) is 6.37. The van der Waals surface area contributed by atoms with Crippen molar-refractivity contribution in [2.75, 3.05) is 58.4 Å². The highest BCUT2D eigenvalue weighted by Gasteiger charge is 2.26. The molecule has 0 N–H and O–H groups in total. The predicted molar refractivity (Wildman–Crippen MR) is 144 cm³/mol. The van der Waals surface area contributed by atoms with Gasteiger partial charge in [-0.2, -0.15) is 0 Å². The minimum Gasteiger partial charge on any atom is -0.497 e. The lowest BCUT2D eigenvalue weighted by atomic mass is 10.1. The Balaban J connectivity index is 1.36. The Morgan fingerprint density at radius 2 is 1.81 bits per heavy atom. The zero-order chi connectivity index (χ0) is 26.4. The van der Waals surface area contributed by atoms with Gasteiger partial charge in [0.1, 0.15) is 18.0 Å². The van der Waals surface area contributed by atoms with E-state index in [0.717, 1.165) is 11.4 Å². The van der Waals surface area contributed by atoms with Gasteiger partial charge in [0.25, 0.3) is 5.91 Å². The van der Waals surface area contributed by atoms with Crippen LogP contribution in [0.3, 0.4) is 0 Å². The molecular weight excluding hydrogens is 490 g/mol. The van der Waals surface area contributed by atoms with Gasteiger partial charge in [-0.15, -0.1) is 21.5 Å². The Morgan fingerprint density at radius 1 is 1.03 bits per heavy atom. The van der Waals surface area contributed by atoms with Gasteiger partial charge in [-0.25, -0.2) is 0 Å². The number of carbonyl (C=O) groups is 2. The topological polar surface area (TPSA) is 88.1 Å². The van der Waals surface area contributed by atoms with E-state index in [1.165, 1.54) is 11.3 Å². The van der Waals surface area contributed by atoms with Crippen molar-refractivity contribution in [1.82, 2.24) is 20.0 Å². The maximum atomic E-state index is 13.1.